The highest BCUT2D eigenvalue weighted by molar-refractivity contribution is 6.39. The van der Waals surface area contributed by atoms with Gasteiger partial charge in [0, 0.05) is 37.6 Å². The van der Waals surface area contributed by atoms with E-state index in [-0.39, 0.29) is 11.0 Å². The maximum absolute atomic E-state index is 14.7. The Hall–Kier alpha value is -3.24. The van der Waals surface area contributed by atoms with Gasteiger partial charge >= 0.3 is 6.01 Å². The van der Waals surface area contributed by atoms with Gasteiger partial charge in [-0.1, -0.05) is 11.6 Å². The van der Waals surface area contributed by atoms with Crippen LogP contribution in [0, 0.1) is 18.7 Å². The van der Waals surface area contributed by atoms with Crippen molar-refractivity contribution in [2.45, 2.75) is 19.4 Å². The average molecular weight is 469 g/mol. The molecular formula is C22H22ClFN8O. The van der Waals surface area contributed by atoms with Crippen molar-refractivity contribution in [3.8, 4) is 11.8 Å². The number of H-pyrrole nitrogens is 1. The largest absolute Gasteiger partial charge is 0.421 e. The smallest absolute Gasteiger partial charge is 0.326 e. The van der Waals surface area contributed by atoms with Crippen LogP contribution in [-0.4, -0.2) is 57.6 Å². The molecule has 0 radical (unpaired) electrons. The Bertz CT molecular complexity index is 1360. The van der Waals surface area contributed by atoms with Crippen molar-refractivity contribution in [1.29, 1.82) is 0 Å². The molecule has 11 heteroatoms. The van der Waals surface area contributed by atoms with Crippen LogP contribution in [0.2, 0.25) is 5.02 Å². The first kappa shape index (κ1) is 20.4. The second-order valence-electron chi connectivity index (χ2n) is 8.48. The zero-order valence-electron chi connectivity index (χ0n) is 18.1. The molecule has 2 unspecified atom stereocenters. The number of fused-ring (bicyclic) bond motifs is 4. The number of benzene rings is 1. The highest BCUT2D eigenvalue weighted by Crippen LogP contribution is 2.42. The molecule has 6 rings (SSSR count). The van der Waals surface area contributed by atoms with Gasteiger partial charge in [0.2, 0.25) is 0 Å². The molecule has 0 saturated carbocycles. The zero-order valence-corrected chi connectivity index (χ0v) is 18.9. The quantitative estimate of drug-likeness (QED) is 0.417. The van der Waals surface area contributed by atoms with Gasteiger partial charge in [-0.3, -0.25) is 0 Å². The Morgan fingerprint density at radius 2 is 2.03 bits per heavy atom. The van der Waals surface area contributed by atoms with Crippen LogP contribution < -0.4 is 20.3 Å². The van der Waals surface area contributed by atoms with Crippen LogP contribution >= 0.6 is 11.6 Å². The van der Waals surface area contributed by atoms with E-state index >= 15 is 0 Å². The van der Waals surface area contributed by atoms with Gasteiger partial charge in [-0.25, -0.2) is 14.4 Å². The summed E-state index contributed by atoms with van der Waals surface area (Å²) in [6.45, 7) is 4.47. The number of anilines is 2. The zero-order chi connectivity index (χ0) is 22.7. The first-order chi connectivity index (χ1) is 16.0. The molecule has 2 aliphatic rings. The van der Waals surface area contributed by atoms with Crippen molar-refractivity contribution < 1.29 is 9.13 Å². The fourth-order valence-electron chi connectivity index (χ4n) is 4.89. The van der Waals surface area contributed by atoms with Crippen LogP contribution in [0.25, 0.3) is 21.9 Å². The monoisotopic (exact) mass is 468 g/mol. The summed E-state index contributed by atoms with van der Waals surface area (Å²) in [6.07, 6.45) is 4.28. The third-order valence-electron chi connectivity index (χ3n) is 6.48. The summed E-state index contributed by atoms with van der Waals surface area (Å²) >= 11 is 6.48. The molecule has 170 valence electrons. The summed E-state index contributed by atoms with van der Waals surface area (Å²) in [5.41, 5.74) is 1.78. The van der Waals surface area contributed by atoms with E-state index in [4.69, 9.17) is 21.3 Å². The summed E-state index contributed by atoms with van der Waals surface area (Å²) in [6, 6.07) is 1.93. The fraction of sp³-hybridized carbons (Fsp3) is 0.364. The number of aromatic nitrogens is 5. The van der Waals surface area contributed by atoms with Crippen molar-refractivity contribution in [2.75, 3.05) is 36.9 Å². The molecule has 4 aromatic rings. The Kier molecular flexibility index (Phi) is 4.73. The van der Waals surface area contributed by atoms with Crippen molar-refractivity contribution in [3.63, 3.8) is 0 Å². The normalized spacial score (nSPS) is 20.1. The Balaban J connectivity index is 1.56. The topological polar surface area (TPSA) is 104 Å². The number of aryl methyl sites for hydroxylation is 1. The van der Waals surface area contributed by atoms with Crippen LogP contribution in [-0.2, 0) is 0 Å². The molecule has 2 atom stereocenters. The van der Waals surface area contributed by atoms with E-state index in [1.807, 2.05) is 0 Å². The van der Waals surface area contributed by atoms with Gasteiger partial charge < -0.3 is 25.3 Å². The lowest BCUT2D eigenvalue weighted by Gasteiger charge is -2.20. The number of hydrogen-bond acceptors (Lipinski definition) is 8. The molecule has 3 N–H and O–H groups in total. The molecule has 2 aliphatic heterocycles. The van der Waals surface area contributed by atoms with Crippen molar-refractivity contribution >= 4 is 45.0 Å². The minimum atomic E-state index is -0.502. The SMILES string of the molecule is CNc1cc(F)c(Cl)c2c1[nH]c1nc(Oc3cnc(C)nc3)nc(N3CC4CCNC4C3)c12. The molecule has 1 aromatic carbocycles. The summed E-state index contributed by atoms with van der Waals surface area (Å²) in [4.78, 5) is 23.2. The first-order valence-corrected chi connectivity index (χ1v) is 11.2. The molecule has 0 spiro atoms. The summed E-state index contributed by atoms with van der Waals surface area (Å²) in [7, 11) is 1.74. The molecule has 3 aromatic heterocycles. The minimum absolute atomic E-state index is 0.0400. The van der Waals surface area contributed by atoms with Crippen molar-refractivity contribution in [2.24, 2.45) is 5.92 Å². The van der Waals surface area contributed by atoms with Gasteiger partial charge in [0.15, 0.2) is 5.75 Å². The Morgan fingerprint density at radius 1 is 1.21 bits per heavy atom. The predicted octanol–water partition coefficient (Wildman–Crippen LogP) is 3.63. The number of rotatable bonds is 4. The van der Waals surface area contributed by atoms with Crippen LogP contribution in [0.4, 0.5) is 15.9 Å². The number of aromatic amines is 1. The molecule has 2 saturated heterocycles. The summed E-state index contributed by atoms with van der Waals surface area (Å²) in [5, 5.41) is 7.87. The van der Waals surface area contributed by atoms with E-state index in [1.54, 1.807) is 26.4 Å². The van der Waals surface area contributed by atoms with Crippen molar-refractivity contribution in [3.05, 3.63) is 35.1 Å². The molecule has 33 heavy (non-hydrogen) atoms. The summed E-state index contributed by atoms with van der Waals surface area (Å²) in [5.74, 6) is 1.78. The van der Waals surface area contributed by atoms with E-state index in [1.165, 1.54) is 6.07 Å². The highest BCUT2D eigenvalue weighted by atomic mass is 35.5. The second kappa shape index (κ2) is 7.67. The Labute approximate surface area is 193 Å². The number of nitrogens with one attached hydrogen (secondary N) is 3. The lowest BCUT2D eigenvalue weighted by atomic mass is 10.1. The van der Waals surface area contributed by atoms with Gasteiger partial charge in [0.1, 0.15) is 23.1 Å². The van der Waals surface area contributed by atoms with E-state index in [2.05, 4.69) is 35.5 Å². The molecule has 0 amide bonds. The third-order valence-corrected chi connectivity index (χ3v) is 6.85. The number of nitrogens with zero attached hydrogens (tertiary/aromatic N) is 5. The first-order valence-electron chi connectivity index (χ1n) is 10.9. The summed E-state index contributed by atoms with van der Waals surface area (Å²) < 4.78 is 20.6. The number of hydrogen-bond donors (Lipinski definition) is 3. The van der Waals surface area contributed by atoms with Crippen LogP contribution in [0.1, 0.15) is 12.2 Å². The van der Waals surface area contributed by atoms with E-state index in [9.17, 15) is 4.39 Å². The predicted molar refractivity (Wildman–Crippen MR) is 125 cm³/mol. The molecule has 5 heterocycles. The third kappa shape index (κ3) is 3.32. The number of ether oxygens (including phenoxy) is 1. The fourth-order valence-corrected chi connectivity index (χ4v) is 5.13. The molecule has 0 bridgehead atoms. The van der Waals surface area contributed by atoms with Gasteiger partial charge in [-0.2, -0.15) is 9.97 Å². The minimum Gasteiger partial charge on any atom is -0.421 e. The average Bonchev–Trinajstić information content (AvgIpc) is 3.50. The highest BCUT2D eigenvalue weighted by Gasteiger charge is 2.38. The number of halogens is 2. The molecule has 2 fully saturated rings. The standard InChI is InChI=1S/C22H22ClFN8O/c1-10-27-6-12(7-28-10)33-22-30-20-17(16-18(23)13(24)5-14(25-2)19(16)29-20)21(31-22)32-8-11-3-4-26-15(11)9-32/h5-7,11,15,25-26H,3-4,8-9H2,1-2H3,(H,29,30,31). The van der Waals surface area contributed by atoms with E-state index in [0.717, 1.165) is 26.1 Å². The van der Waals surface area contributed by atoms with Crippen molar-refractivity contribution in [1.82, 2.24) is 30.2 Å². The Morgan fingerprint density at radius 3 is 2.79 bits per heavy atom. The molecular weight excluding hydrogens is 447 g/mol. The molecule has 0 aliphatic carbocycles. The van der Waals surface area contributed by atoms with Crippen LogP contribution in [0.3, 0.4) is 0 Å². The van der Waals surface area contributed by atoms with E-state index in [0.29, 0.717) is 57.0 Å². The van der Waals surface area contributed by atoms with Crippen LogP contribution in [0.15, 0.2) is 18.5 Å². The van der Waals surface area contributed by atoms with Gasteiger partial charge in [0.05, 0.1) is 34.0 Å². The maximum Gasteiger partial charge on any atom is 0.326 e. The lowest BCUT2D eigenvalue weighted by Crippen LogP contribution is -2.30. The van der Waals surface area contributed by atoms with Gasteiger partial charge in [-0.15, -0.1) is 0 Å². The lowest BCUT2D eigenvalue weighted by molar-refractivity contribution is 0.439. The van der Waals surface area contributed by atoms with Gasteiger partial charge in [0.25, 0.3) is 0 Å². The van der Waals surface area contributed by atoms with Gasteiger partial charge in [-0.05, 0) is 25.8 Å². The maximum atomic E-state index is 14.7. The van der Waals surface area contributed by atoms with Crippen LogP contribution in [0.5, 0.6) is 11.8 Å². The second-order valence-corrected chi connectivity index (χ2v) is 8.86. The van der Waals surface area contributed by atoms with E-state index < -0.39 is 5.82 Å². The molecule has 9 nitrogen and oxygen atoms in total.